The number of rotatable bonds is 4. The standard InChI is InChI=1S/C12H19BrN4O.ClH/c13-10-8-15-17(9-10)11-3-6-16(7-4-11)12(18)2-1-5-14;/h8-9,11H,1-7,14H2;1H. The highest BCUT2D eigenvalue weighted by molar-refractivity contribution is 9.10. The lowest BCUT2D eigenvalue weighted by Crippen LogP contribution is -2.39. The van der Waals surface area contributed by atoms with Crippen LogP contribution < -0.4 is 5.73 Å². The van der Waals surface area contributed by atoms with Crippen molar-refractivity contribution in [3.05, 3.63) is 16.9 Å². The molecule has 0 atom stereocenters. The van der Waals surface area contributed by atoms with Gasteiger partial charge in [0.1, 0.15) is 0 Å². The van der Waals surface area contributed by atoms with E-state index in [-0.39, 0.29) is 18.3 Å². The van der Waals surface area contributed by atoms with Gasteiger partial charge in [0.15, 0.2) is 0 Å². The van der Waals surface area contributed by atoms with Gasteiger partial charge in [0.05, 0.1) is 16.7 Å². The van der Waals surface area contributed by atoms with E-state index in [1.54, 1.807) is 6.20 Å². The number of aromatic nitrogens is 2. The summed E-state index contributed by atoms with van der Waals surface area (Å²) in [5, 5.41) is 4.31. The zero-order valence-electron chi connectivity index (χ0n) is 10.8. The summed E-state index contributed by atoms with van der Waals surface area (Å²) in [5.41, 5.74) is 5.42. The lowest BCUT2D eigenvalue weighted by atomic mass is 10.0. The second-order valence-corrected chi connectivity index (χ2v) is 5.56. The Hall–Kier alpha value is -0.590. The molecule has 1 aliphatic rings. The third-order valence-electron chi connectivity index (χ3n) is 3.36. The molecular formula is C12H20BrClN4O. The predicted octanol–water partition coefficient (Wildman–Crippen LogP) is 1.97. The van der Waals surface area contributed by atoms with Crippen LogP contribution in [0, 0.1) is 0 Å². The van der Waals surface area contributed by atoms with Crippen molar-refractivity contribution >= 4 is 34.2 Å². The smallest absolute Gasteiger partial charge is 0.222 e. The Balaban J connectivity index is 0.00000180. The molecule has 1 saturated heterocycles. The maximum atomic E-state index is 11.8. The van der Waals surface area contributed by atoms with E-state index in [1.165, 1.54) is 0 Å². The number of carbonyl (C=O) groups excluding carboxylic acids is 1. The van der Waals surface area contributed by atoms with Crippen LogP contribution in [0.5, 0.6) is 0 Å². The number of hydrogen-bond donors (Lipinski definition) is 1. The fourth-order valence-electron chi connectivity index (χ4n) is 2.31. The molecule has 5 nitrogen and oxygen atoms in total. The van der Waals surface area contributed by atoms with Crippen molar-refractivity contribution in [2.24, 2.45) is 5.73 Å². The van der Waals surface area contributed by atoms with Crippen LogP contribution >= 0.6 is 28.3 Å². The van der Waals surface area contributed by atoms with Gasteiger partial charge in [-0.3, -0.25) is 9.48 Å². The highest BCUT2D eigenvalue weighted by Gasteiger charge is 2.23. The number of piperidine rings is 1. The molecule has 2 rings (SSSR count). The number of hydrogen-bond acceptors (Lipinski definition) is 3. The van der Waals surface area contributed by atoms with Crippen molar-refractivity contribution in [1.29, 1.82) is 0 Å². The first-order chi connectivity index (χ1) is 8.70. The highest BCUT2D eigenvalue weighted by Crippen LogP contribution is 2.23. The Morgan fingerprint density at radius 2 is 2.16 bits per heavy atom. The molecule has 1 fully saturated rings. The normalized spacial score (nSPS) is 16.2. The third-order valence-corrected chi connectivity index (χ3v) is 3.77. The summed E-state index contributed by atoms with van der Waals surface area (Å²) in [6, 6.07) is 0.412. The van der Waals surface area contributed by atoms with E-state index in [9.17, 15) is 4.79 Å². The average molecular weight is 352 g/mol. The number of likely N-dealkylation sites (tertiary alicyclic amines) is 1. The van der Waals surface area contributed by atoms with Gasteiger partial charge in [0, 0.05) is 25.7 Å². The van der Waals surface area contributed by atoms with E-state index in [4.69, 9.17) is 5.73 Å². The predicted molar refractivity (Wildman–Crippen MR) is 80.3 cm³/mol. The van der Waals surface area contributed by atoms with Crippen LogP contribution in [0.2, 0.25) is 0 Å². The molecule has 0 radical (unpaired) electrons. The van der Waals surface area contributed by atoms with E-state index >= 15 is 0 Å². The maximum absolute atomic E-state index is 11.8. The Labute approximate surface area is 128 Å². The quantitative estimate of drug-likeness (QED) is 0.902. The van der Waals surface area contributed by atoms with Gasteiger partial charge in [0.2, 0.25) is 5.91 Å². The average Bonchev–Trinajstić information content (AvgIpc) is 2.83. The van der Waals surface area contributed by atoms with E-state index < -0.39 is 0 Å². The molecule has 7 heteroatoms. The number of nitrogens with zero attached hydrogens (tertiary/aromatic N) is 3. The van der Waals surface area contributed by atoms with Crippen LogP contribution in [0.25, 0.3) is 0 Å². The fraction of sp³-hybridized carbons (Fsp3) is 0.667. The summed E-state index contributed by atoms with van der Waals surface area (Å²) in [4.78, 5) is 13.8. The number of carbonyl (C=O) groups is 1. The van der Waals surface area contributed by atoms with Gasteiger partial charge in [-0.15, -0.1) is 12.4 Å². The molecule has 0 bridgehead atoms. The third kappa shape index (κ3) is 4.47. The van der Waals surface area contributed by atoms with Crippen molar-refractivity contribution in [2.75, 3.05) is 19.6 Å². The minimum absolute atomic E-state index is 0. The number of halogens is 2. The summed E-state index contributed by atoms with van der Waals surface area (Å²) in [7, 11) is 0. The van der Waals surface area contributed by atoms with Crippen molar-refractivity contribution in [1.82, 2.24) is 14.7 Å². The molecule has 2 N–H and O–H groups in total. The van der Waals surface area contributed by atoms with Gasteiger partial charge in [-0.25, -0.2) is 0 Å². The summed E-state index contributed by atoms with van der Waals surface area (Å²) in [6.07, 6.45) is 7.11. The molecule has 1 aliphatic heterocycles. The van der Waals surface area contributed by atoms with Crippen molar-refractivity contribution in [3.63, 3.8) is 0 Å². The van der Waals surface area contributed by atoms with Gasteiger partial charge in [-0.2, -0.15) is 5.10 Å². The first-order valence-corrected chi connectivity index (χ1v) is 7.17. The second kappa shape index (κ2) is 7.87. The molecule has 19 heavy (non-hydrogen) atoms. The fourth-order valence-corrected chi connectivity index (χ4v) is 2.61. The highest BCUT2D eigenvalue weighted by atomic mass is 79.9. The summed E-state index contributed by atoms with van der Waals surface area (Å²) in [5.74, 6) is 0.237. The van der Waals surface area contributed by atoms with Crippen LogP contribution in [-0.2, 0) is 4.79 Å². The van der Waals surface area contributed by atoms with Crippen LogP contribution in [-0.4, -0.2) is 40.2 Å². The van der Waals surface area contributed by atoms with Crippen LogP contribution in [0.15, 0.2) is 16.9 Å². The Morgan fingerprint density at radius 3 is 2.68 bits per heavy atom. The number of amides is 1. The Kier molecular flexibility index (Phi) is 6.82. The maximum Gasteiger partial charge on any atom is 0.222 e. The molecule has 108 valence electrons. The Morgan fingerprint density at radius 1 is 1.47 bits per heavy atom. The van der Waals surface area contributed by atoms with Crippen LogP contribution in [0.4, 0.5) is 0 Å². The molecule has 0 aromatic carbocycles. The summed E-state index contributed by atoms with van der Waals surface area (Å²) < 4.78 is 3.00. The van der Waals surface area contributed by atoms with Crippen molar-refractivity contribution in [2.45, 2.75) is 31.7 Å². The Bertz CT molecular complexity index is 404. The van der Waals surface area contributed by atoms with E-state index in [1.807, 2.05) is 15.8 Å². The van der Waals surface area contributed by atoms with Crippen molar-refractivity contribution in [3.8, 4) is 0 Å². The van der Waals surface area contributed by atoms with E-state index in [0.717, 1.165) is 36.8 Å². The van der Waals surface area contributed by atoms with Gasteiger partial charge in [-0.05, 0) is 41.7 Å². The molecule has 0 spiro atoms. The topological polar surface area (TPSA) is 64.2 Å². The first kappa shape index (κ1) is 16.5. The van der Waals surface area contributed by atoms with E-state index in [2.05, 4.69) is 21.0 Å². The van der Waals surface area contributed by atoms with Crippen LogP contribution in [0.1, 0.15) is 31.7 Å². The minimum Gasteiger partial charge on any atom is -0.343 e. The number of nitrogens with two attached hydrogens (primary N) is 1. The molecule has 0 unspecified atom stereocenters. The molecule has 1 aromatic rings. The van der Waals surface area contributed by atoms with E-state index in [0.29, 0.717) is 19.0 Å². The zero-order chi connectivity index (χ0) is 13.0. The lowest BCUT2D eigenvalue weighted by molar-refractivity contribution is -0.132. The first-order valence-electron chi connectivity index (χ1n) is 6.38. The minimum atomic E-state index is 0. The SMILES string of the molecule is Cl.NCCCC(=O)N1CCC(n2cc(Br)cn2)CC1. The van der Waals surface area contributed by atoms with Gasteiger partial charge in [0.25, 0.3) is 0 Å². The zero-order valence-corrected chi connectivity index (χ0v) is 13.2. The molecule has 1 aromatic heterocycles. The monoisotopic (exact) mass is 350 g/mol. The van der Waals surface area contributed by atoms with Gasteiger partial charge in [-0.1, -0.05) is 0 Å². The van der Waals surface area contributed by atoms with Gasteiger partial charge < -0.3 is 10.6 Å². The van der Waals surface area contributed by atoms with Crippen LogP contribution in [0.3, 0.4) is 0 Å². The molecule has 0 saturated carbocycles. The molecule has 0 aliphatic carbocycles. The molecular weight excluding hydrogens is 332 g/mol. The molecule has 1 amide bonds. The molecule has 2 heterocycles. The van der Waals surface area contributed by atoms with Crippen molar-refractivity contribution < 1.29 is 4.79 Å². The van der Waals surface area contributed by atoms with Gasteiger partial charge >= 0.3 is 0 Å². The second-order valence-electron chi connectivity index (χ2n) is 4.64. The lowest BCUT2D eigenvalue weighted by Gasteiger charge is -2.32. The summed E-state index contributed by atoms with van der Waals surface area (Å²) >= 11 is 3.40. The largest absolute Gasteiger partial charge is 0.343 e. The summed E-state index contributed by atoms with van der Waals surface area (Å²) in [6.45, 7) is 2.24.